The second-order valence-electron chi connectivity index (χ2n) is 32.8. The van der Waals surface area contributed by atoms with Gasteiger partial charge in [0.25, 0.3) is 41.4 Å². The summed E-state index contributed by atoms with van der Waals surface area (Å²) < 4.78 is 35.5. The number of rotatable bonds is 15. The van der Waals surface area contributed by atoms with Gasteiger partial charge >= 0.3 is 11.9 Å². The molecule has 133 heavy (non-hydrogen) atoms. The van der Waals surface area contributed by atoms with E-state index in [-0.39, 0.29) is 90.5 Å². The van der Waals surface area contributed by atoms with Crippen LogP contribution in [0.1, 0.15) is 194 Å². The number of hydrogen-bond acceptors (Lipinski definition) is 39. The number of methoxy groups -OCH3 is 1. The number of carbonyl (C=O) groups excluding carboxylic acids is 12. The van der Waals surface area contributed by atoms with Gasteiger partial charge in [-0.05, 0) is 92.5 Å². The summed E-state index contributed by atoms with van der Waals surface area (Å²) in [5.41, 5.74) is -12.6. The van der Waals surface area contributed by atoms with Gasteiger partial charge in [0, 0.05) is 40.3 Å². The van der Waals surface area contributed by atoms with Crippen molar-refractivity contribution in [1.82, 2.24) is 83.3 Å². The third-order valence-electron chi connectivity index (χ3n) is 23.6. The molecule has 1 aliphatic carbocycles. The molecule has 716 valence electrons. The molecule has 11 heterocycles. The Morgan fingerprint density at radius 2 is 1.41 bits per heavy atom. The largest absolute Gasteiger partial charge is 0.464 e. The Labute approximate surface area is 781 Å². The van der Waals surface area contributed by atoms with Crippen molar-refractivity contribution in [1.29, 1.82) is 0 Å². The minimum atomic E-state index is -2.73. The van der Waals surface area contributed by atoms with E-state index < -0.39 is 269 Å². The fraction of sp³-hybridized carbons (Fsp3) is 0.500. The van der Waals surface area contributed by atoms with Crippen molar-refractivity contribution >= 4 is 145 Å². The number of pyridine rings is 1. The van der Waals surface area contributed by atoms with E-state index in [2.05, 4.69) is 106 Å². The first-order valence-electron chi connectivity index (χ1n) is 41.9. The molecule has 4 aromatic heterocycles. The summed E-state index contributed by atoms with van der Waals surface area (Å²) in [7, 11) is 1.00. The lowest BCUT2D eigenvalue weighted by atomic mass is 9.76. The van der Waals surface area contributed by atoms with Crippen LogP contribution in [0.5, 0.6) is 0 Å². The predicted octanol–water partition coefficient (Wildman–Crippen LogP) is -0.587. The van der Waals surface area contributed by atoms with E-state index >= 15 is 28.8 Å². The minimum absolute atomic E-state index is 0.00266. The van der Waals surface area contributed by atoms with Gasteiger partial charge in [-0.15, -0.1) is 57.5 Å². The average molecular weight is 1940 g/mol. The molecule has 3 saturated heterocycles. The Hall–Kier alpha value is -10.7. The third-order valence-corrected chi connectivity index (χ3v) is 28.3. The maximum atomic E-state index is 15.9. The number of thiazole rings is 3. The summed E-state index contributed by atoms with van der Waals surface area (Å²) in [6, 6.07) is -11.1. The smallest absolute Gasteiger partial charge is 0.357 e. The molecule has 0 saturated carbocycles. The van der Waals surface area contributed by atoms with Gasteiger partial charge in [0.05, 0.1) is 125 Å². The maximum absolute atomic E-state index is 15.9. The third kappa shape index (κ3) is 21.4. The van der Waals surface area contributed by atoms with Crippen LogP contribution in [-0.2, 0) is 77.1 Å². The zero-order chi connectivity index (χ0) is 97.2. The van der Waals surface area contributed by atoms with Crippen LogP contribution in [0.4, 0.5) is 0 Å². The molecule has 24 atom stereocenters. The Balaban J connectivity index is 1.03. The first-order valence-corrected chi connectivity index (χ1v) is 46.7. The topological polar surface area (TPSA) is 634 Å². The van der Waals surface area contributed by atoms with Crippen molar-refractivity contribution in [3.63, 3.8) is 0 Å². The zero-order valence-corrected chi connectivity index (χ0v) is 77.8. The number of aliphatic hydroxyl groups is 8. The Bertz CT molecular complexity index is 5470. The van der Waals surface area contributed by atoms with E-state index in [4.69, 9.17) is 43.4 Å². The number of nitrogens with zero attached hydrogens (tertiary/aromatic N) is 7. The predicted molar refractivity (Wildman–Crippen MR) is 479 cm³/mol. The number of aromatic nitrogens is 4. The molecule has 0 spiro atoms. The lowest BCUT2D eigenvalue weighted by molar-refractivity contribution is -0.310. The molecule has 49 heteroatoms. The molecule has 7 aliphatic heterocycles. The molecule has 44 nitrogen and oxygen atoms in total. The number of carbonyl (C=O) groups is 12. The molecular weight excluding hydrogens is 1840 g/mol. The van der Waals surface area contributed by atoms with E-state index in [0.717, 1.165) is 53.3 Å². The van der Waals surface area contributed by atoms with E-state index in [1.807, 2.05) is 0 Å². The molecule has 0 radical (unpaired) electrons. The lowest BCUT2D eigenvalue weighted by Gasteiger charge is -2.53. The van der Waals surface area contributed by atoms with Gasteiger partial charge < -0.3 is 122 Å². The minimum Gasteiger partial charge on any atom is -0.464 e. The van der Waals surface area contributed by atoms with Crippen LogP contribution in [0.15, 0.2) is 111 Å². The maximum Gasteiger partial charge on any atom is 0.357 e. The molecule has 3 fully saturated rings. The van der Waals surface area contributed by atoms with Crippen LogP contribution < -0.4 is 58.5 Å². The number of hydrogen-bond donors (Lipinski definition) is 19. The summed E-state index contributed by atoms with van der Waals surface area (Å²) in [4.78, 5) is 208. The zero-order valence-electron chi connectivity index (χ0n) is 73.7. The lowest BCUT2D eigenvalue weighted by Crippen LogP contribution is -2.69. The first-order chi connectivity index (χ1) is 62.8. The number of nitrogens with one attached hydrogen (secondary N) is 11. The number of ether oxygens (including phenoxy) is 6. The summed E-state index contributed by atoms with van der Waals surface area (Å²) >= 11 is 4.33. The Morgan fingerprint density at radius 3 is 2.07 bits per heavy atom. The number of aliphatic imine (C=N–C) groups is 2. The SMILES string of the molecule is C=C1NC(=O)C(=C)NC(=O)C(C(C)OC2CC(OC3CC(O)C(O)C(C)O3)C(O)C(C)O2)NC2C=Cc3c(C(C)O)cc(nc3C2O)C(=O)OC(C)C2NC(=O)c3csc(n3)C(C(C)(O)CC)NC(=O)C3CSC(=N3)/C(=C/C)NC(=O)C(C(C)O)NC(=O)c3csc(n3)C3(CCC4C(SC)=NC(CO)(C(=O)NC(=C)C(=O)NC(=C)C(=O)OC)N4C3c3csc2n3)NC(=O)C(=C)NC1=O. The highest BCUT2D eigenvalue weighted by atomic mass is 32.2. The van der Waals surface area contributed by atoms with Crippen molar-refractivity contribution in [3.05, 3.63) is 156 Å². The summed E-state index contributed by atoms with van der Waals surface area (Å²) in [6.07, 6.45) is -12.6. The normalized spacial score (nSPS) is 31.5. The van der Waals surface area contributed by atoms with Gasteiger partial charge in [-0.3, -0.25) is 58.3 Å². The van der Waals surface area contributed by atoms with Crippen molar-refractivity contribution < 1.29 is 127 Å². The number of aliphatic hydroxyl groups excluding tert-OH is 7. The molecule has 12 rings (SSSR count). The summed E-state index contributed by atoms with van der Waals surface area (Å²) in [5.74, 6) is -13.9. The number of fused-ring (bicyclic) bond motifs is 8. The monoisotopic (exact) mass is 1940 g/mol. The van der Waals surface area contributed by atoms with Gasteiger partial charge in [0.1, 0.15) is 103 Å². The highest BCUT2D eigenvalue weighted by molar-refractivity contribution is 8.14. The fourth-order valence-electron chi connectivity index (χ4n) is 16.0. The van der Waals surface area contributed by atoms with Gasteiger partial charge in [0.2, 0.25) is 23.4 Å². The van der Waals surface area contributed by atoms with Crippen LogP contribution >= 0.6 is 57.5 Å². The molecule has 19 N–H and O–H groups in total. The van der Waals surface area contributed by atoms with Crippen LogP contribution in [0.25, 0.3) is 6.08 Å². The van der Waals surface area contributed by atoms with Gasteiger partial charge in [0.15, 0.2) is 12.6 Å². The summed E-state index contributed by atoms with van der Waals surface area (Å²) in [6.45, 7) is 30.1. The first kappa shape index (κ1) is 101. The standard InChI is InChI=1S/C84H104N18O26S5/c1-17-44-74-94-49(27-130-74)71(116)99-63(82(14,122)18-2)77-95-48(28-132-77)69(114)98-58-39(11)127-79(120)46-23-43(36(8)104)42-19-20-45(62(109)59(42)91-46)90-57(38(10)124-55-25-53(61(108)41(13)126-55)128-54-24-52(106)60(107)40(12)125-54)73(118)87-32(4)66(111)85-31(3)65(110)86-34(6)68(113)100-83(81-96-50(29-133-81)70(115)97-56(37(9)105)72(117)92-44)22-21-51-75(129-16)101-84(30-103,102(51)64(83)47-26-131-76(58)93-47)80(121)89-33(5)67(112)88-35(7)78(119)123-15/h17,19-20,23,26,28-29,36-41,45,49,51-58,60-64,90,103-109,122H,3-7,18,21-22,24-25,27,30H2,1-2,8-16H3,(H,85,111)(H,86,110)(H,87,118)(H,88,112)(H,89,121)(H,92,117)(H,97,115)(H,98,114)(H,99,116)(H,100,113)/b44-17-. The van der Waals surface area contributed by atoms with Crippen LogP contribution in [0.3, 0.4) is 0 Å². The highest BCUT2D eigenvalue weighted by Gasteiger charge is 2.65. The van der Waals surface area contributed by atoms with E-state index in [1.165, 1.54) is 93.8 Å². The fourth-order valence-corrected chi connectivity index (χ4v) is 20.8. The van der Waals surface area contributed by atoms with Gasteiger partial charge in [-0.1, -0.05) is 58.0 Å². The molecule has 0 aromatic carbocycles. The number of allylic oxidation sites excluding steroid dienone is 1. The Kier molecular flexibility index (Phi) is 31.7. The molecule has 8 aliphatic rings. The van der Waals surface area contributed by atoms with Gasteiger partial charge in [-0.2, -0.15) is 0 Å². The van der Waals surface area contributed by atoms with E-state index in [0.29, 0.717) is 11.3 Å². The number of amides is 10. The van der Waals surface area contributed by atoms with Crippen molar-refractivity contribution in [2.24, 2.45) is 9.98 Å². The van der Waals surface area contributed by atoms with E-state index in [1.54, 1.807) is 20.1 Å². The molecule has 13 bridgehead atoms. The summed E-state index contributed by atoms with van der Waals surface area (Å²) in [5, 5.41) is 125. The Morgan fingerprint density at radius 1 is 0.767 bits per heavy atom. The molecule has 24 unspecified atom stereocenters. The van der Waals surface area contributed by atoms with Crippen molar-refractivity contribution in [2.75, 3.05) is 25.7 Å². The average Bonchev–Trinajstić information content (AvgIpc) is 1.57. The second-order valence-corrected chi connectivity index (χ2v) is 37.3. The number of thioether (sulfide) groups is 2. The van der Waals surface area contributed by atoms with Crippen LogP contribution in [0.2, 0.25) is 0 Å². The van der Waals surface area contributed by atoms with Crippen LogP contribution in [-0.4, -0.2) is 282 Å². The van der Waals surface area contributed by atoms with E-state index in [9.17, 15) is 69.6 Å². The number of cyclic esters (lactones) is 1. The van der Waals surface area contributed by atoms with Crippen LogP contribution in [0, 0.1) is 0 Å². The quantitative estimate of drug-likeness (QED) is 0.0522. The number of piperidine rings is 1. The second kappa shape index (κ2) is 41.7. The molecule has 4 aromatic rings. The van der Waals surface area contributed by atoms with Crippen molar-refractivity contribution in [2.45, 2.75) is 239 Å². The highest BCUT2D eigenvalue weighted by Crippen LogP contribution is 2.56. The van der Waals surface area contributed by atoms with Gasteiger partial charge in [-0.25, -0.2) is 39.4 Å². The number of esters is 2. The van der Waals surface area contributed by atoms with Crippen molar-refractivity contribution in [3.8, 4) is 0 Å². The molecular formula is C84H104N18O26S5. The molecule has 10 amide bonds.